The van der Waals surface area contributed by atoms with Crippen LogP contribution in [-0.4, -0.2) is 29.6 Å². The fourth-order valence-electron chi connectivity index (χ4n) is 3.68. The Morgan fingerprint density at radius 3 is 2.86 bits per heavy atom. The molecular formula is C16H20N2O3. The Morgan fingerprint density at radius 2 is 2.14 bits per heavy atom. The number of carboxylic acids is 1. The molecule has 1 heterocycles. The Kier molecular flexibility index (Phi) is 3.68. The van der Waals surface area contributed by atoms with Crippen LogP contribution in [-0.2, 0) is 4.79 Å². The van der Waals surface area contributed by atoms with Crippen molar-refractivity contribution in [2.24, 2.45) is 11.8 Å². The Bertz CT molecular complexity index is 585. The lowest BCUT2D eigenvalue weighted by Gasteiger charge is -2.18. The van der Waals surface area contributed by atoms with Gasteiger partial charge in [0.25, 0.3) is 0 Å². The van der Waals surface area contributed by atoms with Crippen LogP contribution in [0.25, 0.3) is 0 Å². The number of fused-ring (bicyclic) bond motifs is 1. The molecule has 1 saturated heterocycles. The zero-order valence-corrected chi connectivity index (χ0v) is 12.1. The van der Waals surface area contributed by atoms with E-state index in [-0.39, 0.29) is 17.5 Å². The molecule has 5 heteroatoms. The first-order valence-electron chi connectivity index (χ1n) is 7.44. The SMILES string of the molecule is Cc1cc(NC(=O)C2NCC3CCCC32)ccc1C(=O)O. The highest BCUT2D eigenvalue weighted by Crippen LogP contribution is 2.38. The number of rotatable bonds is 3. The third kappa shape index (κ3) is 2.65. The monoisotopic (exact) mass is 288 g/mol. The fourth-order valence-corrected chi connectivity index (χ4v) is 3.68. The van der Waals surface area contributed by atoms with Gasteiger partial charge in [0.2, 0.25) is 5.91 Å². The molecule has 2 fully saturated rings. The zero-order chi connectivity index (χ0) is 15.0. The molecule has 1 aromatic rings. The quantitative estimate of drug-likeness (QED) is 0.795. The topological polar surface area (TPSA) is 78.4 Å². The molecular weight excluding hydrogens is 268 g/mol. The maximum atomic E-state index is 12.4. The summed E-state index contributed by atoms with van der Waals surface area (Å²) in [5, 5.41) is 15.2. The Labute approximate surface area is 123 Å². The molecule has 112 valence electrons. The predicted octanol–water partition coefficient (Wildman–Crippen LogP) is 2.02. The molecule has 1 aliphatic carbocycles. The van der Waals surface area contributed by atoms with Gasteiger partial charge in [-0.3, -0.25) is 4.79 Å². The molecule has 21 heavy (non-hydrogen) atoms. The highest BCUT2D eigenvalue weighted by molar-refractivity contribution is 5.96. The van der Waals surface area contributed by atoms with Crippen molar-refractivity contribution in [2.45, 2.75) is 32.2 Å². The normalized spacial score (nSPS) is 27.4. The fraction of sp³-hybridized carbons (Fsp3) is 0.500. The van der Waals surface area contributed by atoms with Crippen molar-refractivity contribution < 1.29 is 14.7 Å². The second-order valence-corrected chi connectivity index (χ2v) is 6.06. The van der Waals surface area contributed by atoms with Gasteiger partial charge in [-0.15, -0.1) is 0 Å². The molecule has 2 aliphatic rings. The average Bonchev–Trinajstić information content (AvgIpc) is 3.00. The van der Waals surface area contributed by atoms with E-state index in [4.69, 9.17) is 5.11 Å². The first-order valence-corrected chi connectivity index (χ1v) is 7.44. The van der Waals surface area contributed by atoms with Gasteiger partial charge in [0.05, 0.1) is 11.6 Å². The van der Waals surface area contributed by atoms with Crippen molar-refractivity contribution in [3.63, 3.8) is 0 Å². The number of aromatic carboxylic acids is 1. The van der Waals surface area contributed by atoms with Crippen molar-refractivity contribution in [2.75, 3.05) is 11.9 Å². The lowest BCUT2D eigenvalue weighted by Crippen LogP contribution is -2.39. The summed E-state index contributed by atoms with van der Waals surface area (Å²) in [6.07, 6.45) is 3.55. The molecule has 1 aromatic carbocycles. The smallest absolute Gasteiger partial charge is 0.335 e. The molecule has 3 rings (SSSR count). The number of hydrogen-bond donors (Lipinski definition) is 3. The number of benzene rings is 1. The van der Waals surface area contributed by atoms with E-state index < -0.39 is 5.97 Å². The van der Waals surface area contributed by atoms with E-state index in [0.717, 1.165) is 13.0 Å². The van der Waals surface area contributed by atoms with E-state index in [2.05, 4.69) is 10.6 Å². The number of aryl methyl sites for hydroxylation is 1. The molecule has 3 unspecified atom stereocenters. The zero-order valence-electron chi connectivity index (χ0n) is 12.1. The molecule has 5 nitrogen and oxygen atoms in total. The number of anilines is 1. The average molecular weight is 288 g/mol. The van der Waals surface area contributed by atoms with Crippen LogP contribution in [0.1, 0.15) is 35.2 Å². The number of amides is 1. The van der Waals surface area contributed by atoms with Crippen molar-refractivity contribution >= 4 is 17.6 Å². The van der Waals surface area contributed by atoms with Crippen LogP contribution in [0.4, 0.5) is 5.69 Å². The minimum Gasteiger partial charge on any atom is -0.478 e. The van der Waals surface area contributed by atoms with E-state index >= 15 is 0 Å². The Morgan fingerprint density at radius 1 is 1.33 bits per heavy atom. The van der Waals surface area contributed by atoms with E-state index in [1.165, 1.54) is 18.9 Å². The molecule has 0 bridgehead atoms. The van der Waals surface area contributed by atoms with Crippen molar-refractivity contribution in [1.82, 2.24) is 5.32 Å². The first-order chi connectivity index (χ1) is 10.1. The van der Waals surface area contributed by atoms with E-state index in [1.54, 1.807) is 19.1 Å². The van der Waals surface area contributed by atoms with Gasteiger partial charge >= 0.3 is 5.97 Å². The highest BCUT2D eigenvalue weighted by Gasteiger charge is 2.42. The minimum atomic E-state index is -0.948. The van der Waals surface area contributed by atoms with Gasteiger partial charge in [0.1, 0.15) is 0 Å². The lowest BCUT2D eigenvalue weighted by molar-refractivity contribution is -0.118. The lowest BCUT2D eigenvalue weighted by atomic mass is 9.93. The van der Waals surface area contributed by atoms with Crippen molar-refractivity contribution in [1.29, 1.82) is 0 Å². The van der Waals surface area contributed by atoms with Crippen LogP contribution < -0.4 is 10.6 Å². The third-order valence-electron chi connectivity index (χ3n) is 4.75. The van der Waals surface area contributed by atoms with Gasteiger partial charge < -0.3 is 15.7 Å². The minimum absolute atomic E-state index is 0.00752. The Hall–Kier alpha value is -1.88. The van der Waals surface area contributed by atoms with Gasteiger partial charge in [-0.05, 0) is 61.9 Å². The van der Waals surface area contributed by atoms with Crippen LogP contribution in [0.3, 0.4) is 0 Å². The number of hydrogen-bond acceptors (Lipinski definition) is 3. The van der Waals surface area contributed by atoms with Crippen LogP contribution in [0.5, 0.6) is 0 Å². The maximum absolute atomic E-state index is 12.4. The highest BCUT2D eigenvalue weighted by atomic mass is 16.4. The second kappa shape index (κ2) is 5.48. The number of nitrogens with one attached hydrogen (secondary N) is 2. The molecule has 3 atom stereocenters. The third-order valence-corrected chi connectivity index (χ3v) is 4.75. The van der Waals surface area contributed by atoms with E-state index in [9.17, 15) is 9.59 Å². The van der Waals surface area contributed by atoms with Crippen LogP contribution in [0, 0.1) is 18.8 Å². The summed E-state index contributed by atoms with van der Waals surface area (Å²) in [6.45, 7) is 2.67. The van der Waals surface area contributed by atoms with Gasteiger partial charge in [-0.2, -0.15) is 0 Å². The predicted molar refractivity (Wildman–Crippen MR) is 79.4 cm³/mol. The number of carbonyl (C=O) groups is 2. The van der Waals surface area contributed by atoms with Crippen LogP contribution in [0.2, 0.25) is 0 Å². The van der Waals surface area contributed by atoms with E-state index in [1.807, 2.05) is 0 Å². The standard InChI is InChI=1S/C16H20N2O3/c1-9-7-11(5-6-12(9)16(20)21)18-15(19)14-13-4-2-3-10(13)8-17-14/h5-7,10,13-14,17H,2-4,8H2,1H3,(H,18,19)(H,20,21). The summed E-state index contributed by atoms with van der Waals surface area (Å²) >= 11 is 0. The van der Waals surface area contributed by atoms with Gasteiger partial charge in [0.15, 0.2) is 0 Å². The summed E-state index contributed by atoms with van der Waals surface area (Å²) in [5.41, 5.74) is 1.58. The van der Waals surface area contributed by atoms with Crippen molar-refractivity contribution in [3.8, 4) is 0 Å². The molecule has 1 saturated carbocycles. The van der Waals surface area contributed by atoms with Gasteiger partial charge in [0, 0.05) is 5.69 Å². The summed E-state index contributed by atoms with van der Waals surface area (Å²) in [6, 6.07) is 4.78. The summed E-state index contributed by atoms with van der Waals surface area (Å²) in [5.74, 6) is 0.129. The van der Waals surface area contributed by atoms with E-state index in [0.29, 0.717) is 23.1 Å². The molecule has 0 spiro atoms. The van der Waals surface area contributed by atoms with Gasteiger partial charge in [-0.25, -0.2) is 4.79 Å². The molecule has 0 radical (unpaired) electrons. The summed E-state index contributed by atoms with van der Waals surface area (Å²) < 4.78 is 0. The number of carbonyl (C=O) groups excluding carboxylic acids is 1. The largest absolute Gasteiger partial charge is 0.478 e. The van der Waals surface area contributed by atoms with Gasteiger partial charge in [-0.1, -0.05) is 6.42 Å². The molecule has 1 amide bonds. The summed E-state index contributed by atoms with van der Waals surface area (Å²) in [7, 11) is 0. The second-order valence-electron chi connectivity index (χ2n) is 6.06. The maximum Gasteiger partial charge on any atom is 0.335 e. The van der Waals surface area contributed by atoms with Crippen LogP contribution in [0.15, 0.2) is 18.2 Å². The summed E-state index contributed by atoms with van der Waals surface area (Å²) in [4.78, 5) is 23.4. The number of carboxylic acid groups (broad SMARTS) is 1. The molecule has 1 aliphatic heterocycles. The first kappa shape index (κ1) is 14.1. The van der Waals surface area contributed by atoms with Crippen LogP contribution >= 0.6 is 0 Å². The van der Waals surface area contributed by atoms with Crippen molar-refractivity contribution in [3.05, 3.63) is 29.3 Å². The molecule has 0 aromatic heterocycles. The Balaban J connectivity index is 1.70. The molecule has 3 N–H and O–H groups in total.